The SMILES string of the molecule is CCOC(=O)c1cc2cc(S(=O)(=O)N3CCNC[C@@H]3C)ccc2s1.Cl. The molecule has 1 atom stereocenters. The summed E-state index contributed by atoms with van der Waals surface area (Å²) in [6, 6.07) is 6.61. The van der Waals surface area contributed by atoms with E-state index in [4.69, 9.17) is 4.74 Å². The Bertz CT molecular complexity index is 866. The van der Waals surface area contributed by atoms with Gasteiger partial charge in [-0.2, -0.15) is 4.31 Å². The molecule has 0 amide bonds. The molecule has 1 aliphatic rings. The number of halogens is 1. The Kier molecular flexibility index (Phi) is 6.45. The van der Waals surface area contributed by atoms with Crippen molar-refractivity contribution in [2.45, 2.75) is 24.8 Å². The molecule has 2 aromatic rings. The Morgan fingerprint density at radius 3 is 2.84 bits per heavy atom. The first kappa shape index (κ1) is 20.1. The second-order valence-corrected chi connectivity index (χ2v) is 8.67. The number of hydrogen-bond donors (Lipinski definition) is 1. The minimum atomic E-state index is -3.54. The molecule has 2 heterocycles. The third-order valence-corrected chi connectivity index (χ3v) is 7.12. The maximum absolute atomic E-state index is 12.9. The Morgan fingerprint density at radius 1 is 1.40 bits per heavy atom. The summed E-state index contributed by atoms with van der Waals surface area (Å²) in [6.45, 7) is 5.72. The molecule has 1 aromatic carbocycles. The molecule has 6 nitrogen and oxygen atoms in total. The van der Waals surface area contributed by atoms with Gasteiger partial charge in [0.15, 0.2) is 0 Å². The van der Waals surface area contributed by atoms with Crippen LogP contribution in [0.15, 0.2) is 29.2 Å². The number of piperazine rings is 1. The Labute approximate surface area is 157 Å². The van der Waals surface area contributed by atoms with Gasteiger partial charge in [0.05, 0.1) is 11.5 Å². The number of fused-ring (bicyclic) bond motifs is 1. The van der Waals surface area contributed by atoms with Gasteiger partial charge < -0.3 is 10.1 Å². The predicted octanol–water partition coefficient (Wildman–Crippen LogP) is 2.48. The van der Waals surface area contributed by atoms with Gasteiger partial charge in [0.25, 0.3) is 0 Å². The lowest BCUT2D eigenvalue weighted by molar-refractivity contribution is 0.0532. The molecule has 1 aromatic heterocycles. The second kappa shape index (κ2) is 8.01. The summed E-state index contributed by atoms with van der Waals surface area (Å²) in [5.41, 5.74) is 0. The number of thiophene rings is 1. The molecule has 0 radical (unpaired) electrons. The van der Waals surface area contributed by atoms with Crippen molar-refractivity contribution in [3.8, 4) is 0 Å². The lowest BCUT2D eigenvalue weighted by atomic mass is 10.2. The van der Waals surface area contributed by atoms with E-state index in [1.807, 2.05) is 6.92 Å². The highest BCUT2D eigenvalue weighted by atomic mass is 35.5. The zero-order chi connectivity index (χ0) is 17.3. The lowest BCUT2D eigenvalue weighted by Crippen LogP contribution is -2.52. The molecule has 0 bridgehead atoms. The summed E-state index contributed by atoms with van der Waals surface area (Å²) in [5.74, 6) is -0.376. The number of carbonyl (C=O) groups excluding carboxylic acids is 1. The fourth-order valence-corrected chi connectivity index (χ4v) is 5.40. The van der Waals surface area contributed by atoms with Crippen molar-refractivity contribution >= 4 is 49.8 Å². The van der Waals surface area contributed by atoms with Gasteiger partial charge in [-0.05, 0) is 43.5 Å². The molecule has 1 aliphatic heterocycles. The summed E-state index contributed by atoms with van der Waals surface area (Å²) in [5, 5.41) is 3.93. The van der Waals surface area contributed by atoms with Crippen LogP contribution < -0.4 is 5.32 Å². The first-order chi connectivity index (χ1) is 11.4. The molecule has 0 unspecified atom stereocenters. The summed E-state index contributed by atoms with van der Waals surface area (Å²) in [4.78, 5) is 12.6. The van der Waals surface area contributed by atoms with Crippen molar-refractivity contribution in [2.75, 3.05) is 26.2 Å². The lowest BCUT2D eigenvalue weighted by Gasteiger charge is -2.32. The van der Waals surface area contributed by atoms with Gasteiger partial charge in [0.1, 0.15) is 4.88 Å². The van der Waals surface area contributed by atoms with Gasteiger partial charge >= 0.3 is 5.97 Å². The van der Waals surface area contributed by atoms with Crippen molar-refractivity contribution in [3.63, 3.8) is 0 Å². The van der Waals surface area contributed by atoms with Gasteiger partial charge in [-0.1, -0.05) is 0 Å². The van der Waals surface area contributed by atoms with Crippen molar-refractivity contribution in [1.82, 2.24) is 9.62 Å². The van der Waals surface area contributed by atoms with Crippen LogP contribution in [-0.4, -0.2) is 51.0 Å². The van der Waals surface area contributed by atoms with E-state index in [0.717, 1.165) is 10.1 Å². The maximum atomic E-state index is 12.9. The summed E-state index contributed by atoms with van der Waals surface area (Å²) in [7, 11) is -3.54. The highest BCUT2D eigenvalue weighted by Gasteiger charge is 2.31. The third-order valence-electron chi connectivity index (χ3n) is 4.01. The van der Waals surface area contributed by atoms with Crippen LogP contribution in [0, 0.1) is 0 Å². The summed E-state index contributed by atoms with van der Waals surface area (Å²) in [6.07, 6.45) is 0. The first-order valence-electron chi connectivity index (χ1n) is 7.86. The van der Waals surface area contributed by atoms with Crippen molar-refractivity contribution < 1.29 is 17.9 Å². The van der Waals surface area contributed by atoms with E-state index >= 15 is 0 Å². The molecule has 1 saturated heterocycles. The molecule has 0 saturated carbocycles. The average molecular weight is 405 g/mol. The van der Waals surface area contributed by atoms with E-state index in [1.54, 1.807) is 31.2 Å². The van der Waals surface area contributed by atoms with E-state index in [-0.39, 0.29) is 29.3 Å². The second-order valence-electron chi connectivity index (χ2n) is 5.70. The zero-order valence-corrected chi connectivity index (χ0v) is 16.5. The molecule has 0 spiro atoms. The monoisotopic (exact) mass is 404 g/mol. The van der Waals surface area contributed by atoms with Crippen LogP contribution in [0.4, 0.5) is 0 Å². The van der Waals surface area contributed by atoms with Crippen LogP contribution in [0.5, 0.6) is 0 Å². The molecule has 0 aliphatic carbocycles. The fourth-order valence-electron chi connectivity index (χ4n) is 2.80. The van der Waals surface area contributed by atoms with Gasteiger partial charge in [-0.15, -0.1) is 23.7 Å². The standard InChI is InChI=1S/C16H20N2O4S2.ClH/c1-3-22-16(19)15-9-12-8-13(4-5-14(12)23-15)24(20,21)18-7-6-17-10-11(18)2;/h4-5,8-9,11,17H,3,6-7,10H2,1-2H3;1H/t11-;/m0./s1. The highest BCUT2D eigenvalue weighted by molar-refractivity contribution is 7.89. The number of nitrogens with zero attached hydrogens (tertiary/aromatic N) is 1. The van der Waals surface area contributed by atoms with Gasteiger partial charge in [0, 0.05) is 30.4 Å². The maximum Gasteiger partial charge on any atom is 0.348 e. The van der Waals surface area contributed by atoms with E-state index in [2.05, 4.69) is 5.32 Å². The zero-order valence-electron chi connectivity index (χ0n) is 14.0. The summed E-state index contributed by atoms with van der Waals surface area (Å²) < 4.78 is 33.2. The molecular formula is C16H21ClN2O4S2. The smallest absolute Gasteiger partial charge is 0.348 e. The average Bonchev–Trinajstić information content (AvgIpc) is 2.98. The number of sulfonamides is 1. The fraction of sp³-hybridized carbons (Fsp3) is 0.438. The largest absolute Gasteiger partial charge is 0.462 e. The van der Waals surface area contributed by atoms with Crippen molar-refractivity contribution in [2.24, 2.45) is 0 Å². The number of esters is 1. The van der Waals surface area contributed by atoms with Crippen molar-refractivity contribution in [1.29, 1.82) is 0 Å². The van der Waals surface area contributed by atoms with E-state index in [0.29, 0.717) is 31.1 Å². The summed E-state index contributed by atoms with van der Waals surface area (Å²) >= 11 is 1.31. The molecule has 1 fully saturated rings. The van der Waals surface area contributed by atoms with Crippen LogP contribution in [0.1, 0.15) is 23.5 Å². The number of hydrogen-bond acceptors (Lipinski definition) is 6. The van der Waals surface area contributed by atoms with Gasteiger partial charge in [-0.3, -0.25) is 0 Å². The van der Waals surface area contributed by atoms with Gasteiger partial charge in [0.2, 0.25) is 10.0 Å². The van der Waals surface area contributed by atoms with Crippen LogP contribution in [0.25, 0.3) is 10.1 Å². The first-order valence-corrected chi connectivity index (χ1v) is 10.1. The van der Waals surface area contributed by atoms with Gasteiger partial charge in [-0.25, -0.2) is 13.2 Å². The van der Waals surface area contributed by atoms with Crippen LogP contribution in [0.3, 0.4) is 0 Å². The van der Waals surface area contributed by atoms with Crippen LogP contribution in [0.2, 0.25) is 0 Å². The topological polar surface area (TPSA) is 75.7 Å². The highest BCUT2D eigenvalue weighted by Crippen LogP contribution is 2.30. The Balaban J connectivity index is 0.00000225. The van der Waals surface area contributed by atoms with E-state index < -0.39 is 10.0 Å². The molecule has 25 heavy (non-hydrogen) atoms. The Hall–Kier alpha value is -1.19. The Morgan fingerprint density at radius 2 is 2.16 bits per heavy atom. The number of ether oxygens (including phenoxy) is 1. The quantitative estimate of drug-likeness (QED) is 0.792. The van der Waals surface area contributed by atoms with Crippen LogP contribution in [-0.2, 0) is 14.8 Å². The predicted molar refractivity (Wildman–Crippen MR) is 101 cm³/mol. The number of nitrogens with one attached hydrogen (secondary N) is 1. The molecular weight excluding hydrogens is 384 g/mol. The van der Waals surface area contributed by atoms with Crippen molar-refractivity contribution in [3.05, 3.63) is 29.1 Å². The number of benzene rings is 1. The minimum Gasteiger partial charge on any atom is -0.462 e. The normalized spacial score (nSPS) is 18.7. The van der Waals surface area contributed by atoms with E-state index in [9.17, 15) is 13.2 Å². The number of rotatable bonds is 4. The molecule has 138 valence electrons. The molecule has 3 rings (SSSR count). The third kappa shape index (κ3) is 3.98. The molecule has 9 heteroatoms. The van der Waals surface area contributed by atoms with Crippen LogP contribution >= 0.6 is 23.7 Å². The number of carbonyl (C=O) groups is 1. The minimum absolute atomic E-state index is 0. The van der Waals surface area contributed by atoms with E-state index in [1.165, 1.54) is 15.6 Å². The molecule has 1 N–H and O–H groups in total.